The van der Waals surface area contributed by atoms with Gasteiger partial charge in [0.25, 0.3) is 0 Å². The lowest BCUT2D eigenvalue weighted by Gasteiger charge is -2.42. The Morgan fingerprint density at radius 3 is 2.95 bits per heavy atom. The second-order valence-corrected chi connectivity index (χ2v) is 6.32. The zero-order valence-corrected chi connectivity index (χ0v) is 13.6. The van der Waals surface area contributed by atoms with Gasteiger partial charge in [0, 0.05) is 32.3 Å². The summed E-state index contributed by atoms with van der Waals surface area (Å²) in [4.78, 5) is 14.8. The van der Waals surface area contributed by atoms with E-state index in [2.05, 4.69) is 22.5 Å². The number of amides is 1. The Labute approximate surface area is 128 Å². The van der Waals surface area contributed by atoms with Gasteiger partial charge in [-0.3, -0.25) is 9.69 Å². The van der Waals surface area contributed by atoms with E-state index in [1.54, 1.807) is 7.11 Å². The summed E-state index contributed by atoms with van der Waals surface area (Å²) in [5, 5.41) is 6.66. The number of carbonyl (C=O) groups is 1. The first-order chi connectivity index (χ1) is 10.2. The van der Waals surface area contributed by atoms with Crippen LogP contribution >= 0.6 is 0 Å². The number of ether oxygens (including phenoxy) is 1. The van der Waals surface area contributed by atoms with Crippen molar-refractivity contribution in [2.75, 3.05) is 33.4 Å². The average molecular weight is 297 g/mol. The Kier molecular flexibility index (Phi) is 6.93. The molecule has 0 radical (unpaired) electrons. The van der Waals surface area contributed by atoms with Crippen LogP contribution in [0.5, 0.6) is 0 Å². The lowest BCUT2D eigenvalue weighted by molar-refractivity contribution is -0.127. The molecule has 1 amide bonds. The Hall–Kier alpha value is -0.650. The van der Waals surface area contributed by atoms with Crippen LogP contribution in [0.2, 0.25) is 0 Å². The Balaban J connectivity index is 1.85. The van der Waals surface area contributed by atoms with E-state index < -0.39 is 0 Å². The van der Waals surface area contributed by atoms with Gasteiger partial charge in [-0.1, -0.05) is 6.42 Å². The quantitative estimate of drug-likeness (QED) is 0.692. The summed E-state index contributed by atoms with van der Waals surface area (Å²) in [5.41, 5.74) is 0. The van der Waals surface area contributed by atoms with Gasteiger partial charge in [0.2, 0.25) is 5.91 Å². The first-order valence-electron chi connectivity index (χ1n) is 8.50. The second-order valence-electron chi connectivity index (χ2n) is 6.32. The van der Waals surface area contributed by atoms with E-state index in [9.17, 15) is 4.79 Å². The number of nitrogens with one attached hydrogen (secondary N) is 2. The third-order valence-corrected chi connectivity index (χ3v) is 4.86. The van der Waals surface area contributed by atoms with Crippen molar-refractivity contribution >= 4 is 5.91 Å². The predicted molar refractivity (Wildman–Crippen MR) is 84.3 cm³/mol. The molecule has 3 atom stereocenters. The highest BCUT2D eigenvalue weighted by molar-refractivity contribution is 5.81. The van der Waals surface area contributed by atoms with Gasteiger partial charge in [-0.25, -0.2) is 0 Å². The summed E-state index contributed by atoms with van der Waals surface area (Å²) >= 11 is 0. The zero-order chi connectivity index (χ0) is 15.1. The smallest absolute Gasteiger partial charge is 0.237 e. The molecule has 0 saturated carbocycles. The summed E-state index contributed by atoms with van der Waals surface area (Å²) in [6, 6.07) is 1.08. The zero-order valence-electron chi connectivity index (χ0n) is 13.6. The molecule has 122 valence electrons. The monoisotopic (exact) mass is 297 g/mol. The van der Waals surface area contributed by atoms with E-state index in [1.807, 2.05) is 0 Å². The van der Waals surface area contributed by atoms with Crippen LogP contribution in [0.25, 0.3) is 0 Å². The van der Waals surface area contributed by atoms with Crippen LogP contribution < -0.4 is 10.6 Å². The maximum Gasteiger partial charge on any atom is 0.237 e. The minimum Gasteiger partial charge on any atom is -0.385 e. The van der Waals surface area contributed by atoms with Crippen molar-refractivity contribution in [3.8, 4) is 0 Å². The number of nitrogens with zero attached hydrogens (tertiary/aromatic N) is 1. The molecule has 0 spiro atoms. The van der Waals surface area contributed by atoms with Crippen molar-refractivity contribution in [3.05, 3.63) is 0 Å². The first kappa shape index (κ1) is 16.7. The summed E-state index contributed by atoms with van der Waals surface area (Å²) < 4.78 is 5.02. The topological polar surface area (TPSA) is 53.6 Å². The highest BCUT2D eigenvalue weighted by atomic mass is 16.5. The van der Waals surface area contributed by atoms with Gasteiger partial charge in [-0.05, 0) is 52.1 Å². The molecule has 0 aromatic heterocycles. The van der Waals surface area contributed by atoms with E-state index in [1.165, 1.54) is 32.1 Å². The maximum atomic E-state index is 12.4. The molecule has 2 aliphatic rings. The van der Waals surface area contributed by atoms with Gasteiger partial charge in [0.05, 0.1) is 6.04 Å². The third kappa shape index (κ3) is 4.66. The van der Waals surface area contributed by atoms with Crippen LogP contribution in [0.1, 0.15) is 45.4 Å². The summed E-state index contributed by atoms with van der Waals surface area (Å²) in [6.07, 6.45) is 7.13. The largest absolute Gasteiger partial charge is 0.385 e. The van der Waals surface area contributed by atoms with Gasteiger partial charge < -0.3 is 15.4 Å². The highest BCUT2D eigenvalue weighted by Crippen LogP contribution is 2.26. The van der Waals surface area contributed by atoms with Crippen LogP contribution in [0.3, 0.4) is 0 Å². The molecule has 5 heteroatoms. The van der Waals surface area contributed by atoms with Gasteiger partial charge in [0.1, 0.15) is 0 Å². The molecule has 2 rings (SSSR count). The number of likely N-dealkylation sites (tertiary alicyclic amines) is 1. The number of hydrogen-bond acceptors (Lipinski definition) is 4. The minimum atomic E-state index is -0.0276. The molecule has 0 aromatic rings. The summed E-state index contributed by atoms with van der Waals surface area (Å²) in [5.74, 6) is 0.163. The molecule has 0 aliphatic carbocycles. The van der Waals surface area contributed by atoms with Crippen molar-refractivity contribution in [2.24, 2.45) is 0 Å². The standard InChI is InChI=1S/C16H31N3O2/c1-13(16(20)18-10-6-12-21-2)19-11-4-3-8-15(19)14-7-5-9-17-14/h13-15,17H,3-12H2,1-2H3,(H,18,20). The SMILES string of the molecule is COCCCNC(=O)C(C)N1CCCCC1C1CCCN1. The molecule has 21 heavy (non-hydrogen) atoms. The molecule has 2 fully saturated rings. The van der Waals surface area contributed by atoms with Crippen LogP contribution in [-0.4, -0.2) is 62.3 Å². The highest BCUT2D eigenvalue weighted by Gasteiger charge is 2.35. The van der Waals surface area contributed by atoms with E-state index in [0.717, 1.165) is 19.5 Å². The lowest BCUT2D eigenvalue weighted by Crippen LogP contribution is -2.57. The first-order valence-corrected chi connectivity index (χ1v) is 8.50. The summed E-state index contributed by atoms with van der Waals surface area (Å²) in [6.45, 7) is 5.64. The lowest BCUT2D eigenvalue weighted by atomic mass is 9.93. The van der Waals surface area contributed by atoms with Crippen molar-refractivity contribution in [3.63, 3.8) is 0 Å². The second kappa shape index (κ2) is 8.71. The fourth-order valence-corrected chi connectivity index (χ4v) is 3.66. The normalized spacial score (nSPS) is 28.5. The fraction of sp³-hybridized carbons (Fsp3) is 0.938. The van der Waals surface area contributed by atoms with Crippen LogP contribution in [-0.2, 0) is 9.53 Å². The number of rotatable bonds is 7. The van der Waals surface area contributed by atoms with Crippen molar-refractivity contribution in [1.29, 1.82) is 0 Å². The molecule has 0 aromatic carbocycles. The Morgan fingerprint density at radius 2 is 2.24 bits per heavy atom. The van der Waals surface area contributed by atoms with E-state index >= 15 is 0 Å². The van der Waals surface area contributed by atoms with E-state index in [4.69, 9.17) is 4.74 Å². The molecule has 2 heterocycles. The molecular formula is C16H31N3O2. The molecule has 3 unspecified atom stereocenters. The number of piperidine rings is 1. The Bertz CT molecular complexity index is 319. The van der Waals surface area contributed by atoms with Gasteiger partial charge in [-0.15, -0.1) is 0 Å². The molecular weight excluding hydrogens is 266 g/mol. The predicted octanol–water partition coefficient (Wildman–Crippen LogP) is 1.13. The maximum absolute atomic E-state index is 12.4. The van der Waals surface area contributed by atoms with Crippen LogP contribution in [0.4, 0.5) is 0 Å². The van der Waals surface area contributed by atoms with Crippen LogP contribution in [0.15, 0.2) is 0 Å². The van der Waals surface area contributed by atoms with E-state index in [0.29, 0.717) is 25.2 Å². The molecule has 5 nitrogen and oxygen atoms in total. The number of hydrogen-bond donors (Lipinski definition) is 2. The molecule has 2 N–H and O–H groups in total. The van der Waals surface area contributed by atoms with Crippen molar-refractivity contribution in [1.82, 2.24) is 15.5 Å². The van der Waals surface area contributed by atoms with Crippen molar-refractivity contribution in [2.45, 2.75) is 63.6 Å². The Morgan fingerprint density at radius 1 is 1.38 bits per heavy atom. The fourth-order valence-electron chi connectivity index (χ4n) is 3.66. The average Bonchev–Trinajstić information content (AvgIpc) is 3.05. The molecule has 0 bridgehead atoms. The molecule has 2 saturated heterocycles. The summed E-state index contributed by atoms with van der Waals surface area (Å²) in [7, 11) is 1.69. The number of carbonyl (C=O) groups excluding carboxylic acids is 1. The molecule has 2 aliphatic heterocycles. The van der Waals surface area contributed by atoms with Gasteiger partial charge in [-0.2, -0.15) is 0 Å². The van der Waals surface area contributed by atoms with Crippen molar-refractivity contribution < 1.29 is 9.53 Å². The minimum absolute atomic E-state index is 0.0276. The van der Waals surface area contributed by atoms with Gasteiger partial charge in [0.15, 0.2) is 0 Å². The van der Waals surface area contributed by atoms with Gasteiger partial charge >= 0.3 is 0 Å². The van der Waals surface area contributed by atoms with Crippen LogP contribution in [0, 0.1) is 0 Å². The van der Waals surface area contributed by atoms with E-state index in [-0.39, 0.29) is 11.9 Å². The number of methoxy groups -OCH3 is 1. The third-order valence-electron chi connectivity index (χ3n) is 4.86.